The van der Waals surface area contributed by atoms with Crippen LogP contribution in [0.15, 0.2) is 24.3 Å². The van der Waals surface area contributed by atoms with Crippen molar-refractivity contribution in [1.29, 1.82) is 0 Å². The molecule has 0 unspecified atom stereocenters. The molecule has 1 aromatic carbocycles. The van der Waals surface area contributed by atoms with Crippen LogP contribution in [0.1, 0.15) is 57.1 Å². The van der Waals surface area contributed by atoms with E-state index in [1.165, 1.54) is 25.0 Å². The van der Waals surface area contributed by atoms with Gasteiger partial charge in [0.2, 0.25) is 0 Å². The Hall–Kier alpha value is -0.930. The first-order valence-electron chi connectivity index (χ1n) is 7.40. The SMILES string of the molecule is CCC[C@@H]1CCCC[C@@H]([C@H](O)c2cccc(F)c2)N1. The van der Waals surface area contributed by atoms with Crippen molar-refractivity contribution in [3.8, 4) is 0 Å². The Kier molecular flexibility index (Phi) is 5.34. The van der Waals surface area contributed by atoms with E-state index >= 15 is 0 Å². The van der Waals surface area contributed by atoms with Crippen molar-refractivity contribution in [1.82, 2.24) is 5.32 Å². The summed E-state index contributed by atoms with van der Waals surface area (Å²) >= 11 is 0. The Morgan fingerprint density at radius 1 is 1.37 bits per heavy atom. The van der Waals surface area contributed by atoms with Crippen LogP contribution in [0.25, 0.3) is 0 Å². The third-order valence-electron chi connectivity index (χ3n) is 3.98. The molecule has 1 aliphatic rings. The third kappa shape index (κ3) is 4.02. The minimum atomic E-state index is -0.617. The largest absolute Gasteiger partial charge is 0.387 e. The van der Waals surface area contributed by atoms with Crippen molar-refractivity contribution in [2.24, 2.45) is 0 Å². The van der Waals surface area contributed by atoms with Crippen LogP contribution < -0.4 is 5.32 Å². The summed E-state index contributed by atoms with van der Waals surface area (Å²) in [7, 11) is 0. The summed E-state index contributed by atoms with van der Waals surface area (Å²) in [6.07, 6.45) is 6.16. The van der Waals surface area contributed by atoms with E-state index in [2.05, 4.69) is 12.2 Å². The normalized spacial score (nSPS) is 25.8. The molecule has 106 valence electrons. The Labute approximate surface area is 115 Å². The van der Waals surface area contributed by atoms with Gasteiger partial charge >= 0.3 is 0 Å². The lowest BCUT2D eigenvalue weighted by Crippen LogP contribution is -2.40. The Balaban J connectivity index is 2.06. The van der Waals surface area contributed by atoms with Crippen LogP contribution in [0.4, 0.5) is 4.39 Å². The quantitative estimate of drug-likeness (QED) is 0.872. The lowest BCUT2D eigenvalue weighted by molar-refractivity contribution is 0.119. The highest BCUT2D eigenvalue weighted by Crippen LogP contribution is 2.25. The first kappa shape index (κ1) is 14.5. The van der Waals surface area contributed by atoms with Crippen LogP contribution in [0, 0.1) is 5.82 Å². The molecule has 0 radical (unpaired) electrons. The molecule has 1 fully saturated rings. The van der Waals surface area contributed by atoms with Crippen LogP contribution in [0.2, 0.25) is 0 Å². The van der Waals surface area contributed by atoms with E-state index in [1.54, 1.807) is 12.1 Å². The van der Waals surface area contributed by atoms with Gasteiger partial charge in [-0.3, -0.25) is 0 Å². The average Bonchev–Trinajstić information content (AvgIpc) is 2.64. The minimum Gasteiger partial charge on any atom is -0.387 e. The average molecular weight is 265 g/mol. The first-order chi connectivity index (χ1) is 9.20. The second-order valence-corrected chi connectivity index (χ2v) is 5.54. The summed E-state index contributed by atoms with van der Waals surface area (Å²) in [5.74, 6) is -0.282. The molecule has 1 aliphatic heterocycles. The zero-order chi connectivity index (χ0) is 13.7. The first-order valence-corrected chi connectivity index (χ1v) is 7.40. The number of halogens is 1. The fourth-order valence-corrected chi connectivity index (χ4v) is 2.97. The molecule has 3 heteroatoms. The highest BCUT2D eigenvalue weighted by Gasteiger charge is 2.25. The predicted octanol–water partition coefficient (Wildman–Crippen LogP) is 3.56. The lowest BCUT2D eigenvalue weighted by Gasteiger charge is -2.27. The van der Waals surface area contributed by atoms with Gasteiger partial charge in [-0.15, -0.1) is 0 Å². The molecule has 1 aromatic rings. The molecule has 0 spiro atoms. The molecular weight excluding hydrogens is 241 g/mol. The predicted molar refractivity (Wildman–Crippen MR) is 75.4 cm³/mol. The topological polar surface area (TPSA) is 32.3 Å². The van der Waals surface area contributed by atoms with Crippen molar-refractivity contribution >= 4 is 0 Å². The molecule has 0 aliphatic carbocycles. The molecule has 0 amide bonds. The Morgan fingerprint density at radius 3 is 2.89 bits per heavy atom. The van der Waals surface area contributed by atoms with E-state index in [4.69, 9.17) is 0 Å². The van der Waals surface area contributed by atoms with Gasteiger partial charge in [-0.2, -0.15) is 0 Å². The summed E-state index contributed by atoms with van der Waals surface area (Å²) in [5.41, 5.74) is 0.676. The fraction of sp³-hybridized carbons (Fsp3) is 0.625. The van der Waals surface area contributed by atoms with E-state index in [0.717, 1.165) is 25.7 Å². The maximum atomic E-state index is 13.2. The van der Waals surface area contributed by atoms with Crippen molar-refractivity contribution in [2.75, 3.05) is 0 Å². The lowest BCUT2D eigenvalue weighted by atomic mass is 9.98. The molecular formula is C16H24FNO. The van der Waals surface area contributed by atoms with Crippen molar-refractivity contribution < 1.29 is 9.50 Å². The van der Waals surface area contributed by atoms with Crippen molar-refractivity contribution in [2.45, 2.75) is 63.6 Å². The van der Waals surface area contributed by atoms with Crippen LogP contribution in [-0.2, 0) is 0 Å². The van der Waals surface area contributed by atoms with Crippen LogP contribution in [0.3, 0.4) is 0 Å². The van der Waals surface area contributed by atoms with Gasteiger partial charge in [-0.05, 0) is 37.0 Å². The van der Waals surface area contributed by atoms with Gasteiger partial charge < -0.3 is 10.4 Å². The van der Waals surface area contributed by atoms with Gasteiger partial charge in [0.05, 0.1) is 6.10 Å². The van der Waals surface area contributed by atoms with Gasteiger partial charge in [0, 0.05) is 12.1 Å². The van der Waals surface area contributed by atoms with Crippen molar-refractivity contribution in [3.05, 3.63) is 35.6 Å². The van der Waals surface area contributed by atoms with Gasteiger partial charge in [-0.1, -0.05) is 38.3 Å². The smallest absolute Gasteiger partial charge is 0.123 e. The number of aliphatic hydroxyl groups excluding tert-OH is 1. The van der Waals surface area contributed by atoms with E-state index in [0.29, 0.717) is 11.6 Å². The molecule has 3 atom stereocenters. The van der Waals surface area contributed by atoms with E-state index < -0.39 is 6.10 Å². The maximum absolute atomic E-state index is 13.2. The van der Waals surface area contributed by atoms with Gasteiger partial charge in [-0.25, -0.2) is 4.39 Å². The maximum Gasteiger partial charge on any atom is 0.123 e. The molecule has 1 saturated heterocycles. The Bertz CT molecular complexity index is 396. The summed E-state index contributed by atoms with van der Waals surface area (Å²) < 4.78 is 13.2. The second kappa shape index (κ2) is 7.01. The molecule has 0 saturated carbocycles. The highest BCUT2D eigenvalue weighted by molar-refractivity contribution is 5.20. The van der Waals surface area contributed by atoms with Crippen LogP contribution >= 0.6 is 0 Å². The molecule has 2 N–H and O–H groups in total. The summed E-state index contributed by atoms with van der Waals surface area (Å²) in [4.78, 5) is 0. The van der Waals surface area contributed by atoms with Gasteiger partial charge in [0.1, 0.15) is 5.82 Å². The minimum absolute atomic E-state index is 0.0425. The summed E-state index contributed by atoms with van der Waals surface area (Å²) in [6.45, 7) is 2.19. The van der Waals surface area contributed by atoms with E-state index in [9.17, 15) is 9.50 Å². The standard InChI is InChI=1S/C16H24FNO/c1-2-6-14-9-3-4-10-15(18-14)16(19)12-7-5-8-13(17)11-12/h5,7-8,11,14-16,18-19H,2-4,6,9-10H2,1H3/t14-,15+,16-/m1/s1. The van der Waals surface area contributed by atoms with Crippen LogP contribution in [0.5, 0.6) is 0 Å². The van der Waals surface area contributed by atoms with Crippen LogP contribution in [-0.4, -0.2) is 17.2 Å². The summed E-state index contributed by atoms with van der Waals surface area (Å²) in [5, 5.41) is 14.0. The van der Waals surface area contributed by atoms with Crippen molar-refractivity contribution in [3.63, 3.8) is 0 Å². The second-order valence-electron chi connectivity index (χ2n) is 5.54. The van der Waals surface area contributed by atoms with E-state index in [1.807, 2.05) is 0 Å². The fourth-order valence-electron chi connectivity index (χ4n) is 2.97. The number of benzene rings is 1. The van der Waals surface area contributed by atoms with Gasteiger partial charge in [0.25, 0.3) is 0 Å². The zero-order valence-electron chi connectivity index (χ0n) is 11.6. The van der Waals surface area contributed by atoms with Gasteiger partial charge in [0.15, 0.2) is 0 Å². The number of hydrogen-bond donors (Lipinski definition) is 2. The Morgan fingerprint density at radius 2 is 2.16 bits per heavy atom. The highest BCUT2D eigenvalue weighted by atomic mass is 19.1. The number of aliphatic hydroxyl groups is 1. The number of rotatable bonds is 4. The molecule has 0 aromatic heterocycles. The zero-order valence-corrected chi connectivity index (χ0v) is 11.6. The molecule has 0 bridgehead atoms. The molecule has 19 heavy (non-hydrogen) atoms. The number of hydrogen-bond acceptors (Lipinski definition) is 2. The molecule has 2 rings (SSSR count). The summed E-state index contributed by atoms with van der Waals surface area (Å²) in [6, 6.07) is 6.84. The monoisotopic (exact) mass is 265 g/mol. The molecule has 2 nitrogen and oxygen atoms in total. The molecule has 1 heterocycles. The van der Waals surface area contributed by atoms with E-state index in [-0.39, 0.29) is 11.9 Å². The third-order valence-corrected chi connectivity index (χ3v) is 3.98. The number of nitrogens with one attached hydrogen (secondary N) is 1.